The van der Waals surface area contributed by atoms with Crippen molar-refractivity contribution < 1.29 is 9.53 Å². The summed E-state index contributed by atoms with van der Waals surface area (Å²) in [5.41, 5.74) is 7.20. The number of ether oxygens (including phenoxy) is 1. The van der Waals surface area contributed by atoms with Crippen LogP contribution in [-0.4, -0.2) is 32.4 Å². The van der Waals surface area contributed by atoms with Crippen molar-refractivity contribution in [1.82, 2.24) is 24.6 Å². The van der Waals surface area contributed by atoms with Crippen LogP contribution in [0.5, 0.6) is 5.75 Å². The average Bonchev–Trinajstić information content (AvgIpc) is 3.56. The van der Waals surface area contributed by atoms with Crippen LogP contribution in [0.3, 0.4) is 0 Å². The summed E-state index contributed by atoms with van der Waals surface area (Å²) >= 11 is 0. The van der Waals surface area contributed by atoms with Gasteiger partial charge in [-0.2, -0.15) is 5.10 Å². The minimum atomic E-state index is -0.299. The van der Waals surface area contributed by atoms with E-state index in [9.17, 15) is 4.79 Å². The molecule has 6 rings (SSSR count). The molecule has 3 heterocycles. The van der Waals surface area contributed by atoms with E-state index in [1.54, 1.807) is 7.11 Å². The molecule has 0 radical (unpaired) electrons. The zero-order chi connectivity index (χ0) is 28.5. The van der Waals surface area contributed by atoms with Crippen LogP contribution in [0.1, 0.15) is 59.4 Å². The molecule has 41 heavy (non-hydrogen) atoms. The summed E-state index contributed by atoms with van der Waals surface area (Å²) in [6, 6.07) is 30.3. The number of urea groups is 1. The van der Waals surface area contributed by atoms with Crippen molar-refractivity contribution in [3.63, 3.8) is 0 Å². The van der Waals surface area contributed by atoms with Gasteiger partial charge in [0.05, 0.1) is 36.8 Å². The van der Waals surface area contributed by atoms with Gasteiger partial charge in [0.2, 0.25) is 0 Å². The lowest BCUT2D eigenvalue weighted by Gasteiger charge is -2.31. The number of benzene rings is 3. The fourth-order valence-electron chi connectivity index (χ4n) is 5.62. The van der Waals surface area contributed by atoms with Crippen LogP contribution in [-0.2, 0) is 13.1 Å². The predicted molar refractivity (Wildman–Crippen MR) is 161 cm³/mol. The molecule has 0 saturated carbocycles. The molecule has 0 fully saturated rings. The Labute approximate surface area is 241 Å². The first-order chi connectivity index (χ1) is 19.9. The number of carbonyl (C=O) groups is 1. The van der Waals surface area contributed by atoms with Gasteiger partial charge in [0.25, 0.3) is 0 Å². The zero-order valence-electron chi connectivity index (χ0n) is 23.9. The highest BCUT2D eigenvalue weighted by Gasteiger charge is 2.36. The molecule has 3 aromatic carbocycles. The van der Waals surface area contributed by atoms with Crippen molar-refractivity contribution in [3.05, 3.63) is 131 Å². The summed E-state index contributed by atoms with van der Waals surface area (Å²) < 4.78 is 9.57. The lowest BCUT2D eigenvalue weighted by molar-refractivity contribution is 0.180. The highest BCUT2D eigenvalue weighted by atomic mass is 16.5. The molecule has 2 amide bonds. The molecule has 5 aromatic rings. The van der Waals surface area contributed by atoms with E-state index in [2.05, 4.69) is 72.4 Å². The molecule has 0 saturated heterocycles. The maximum absolute atomic E-state index is 14.1. The van der Waals surface area contributed by atoms with Crippen LogP contribution < -0.4 is 10.1 Å². The first kappa shape index (κ1) is 26.4. The van der Waals surface area contributed by atoms with Crippen molar-refractivity contribution >= 4 is 6.03 Å². The fraction of sp³-hybridized carbons (Fsp3) is 0.235. The number of aryl methyl sites for hydroxylation is 1. The van der Waals surface area contributed by atoms with Crippen molar-refractivity contribution in [2.45, 2.75) is 45.8 Å². The van der Waals surface area contributed by atoms with E-state index >= 15 is 0 Å². The molecule has 1 N–H and O–H groups in total. The van der Waals surface area contributed by atoms with E-state index in [4.69, 9.17) is 9.84 Å². The molecule has 1 atom stereocenters. The third-order valence-electron chi connectivity index (χ3n) is 7.84. The molecule has 1 aliphatic rings. The molecule has 0 aliphatic carbocycles. The van der Waals surface area contributed by atoms with Crippen molar-refractivity contribution in [3.8, 4) is 17.3 Å². The number of hydrogen-bond donors (Lipinski definition) is 1. The molecule has 1 aliphatic heterocycles. The Morgan fingerprint density at radius 2 is 1.78 bits per heavy atom. The van der Waals surface area contributed by atoms with Crippen LogP contribution in [0.15, 0.2) is 97.2 Å². The second kappa shape index (κ2) is 11.0. The number of fused-ring (bicyclic) bond motifs is 3. The predicted octanol–water partition coefficient (Wildman–Crippen LogP) is 6.92. The monoisotopic (exact) mass is 545 g/mol. The lowest BCUT2D eigenvalue weighted by Crippen LogP contribution is -2.41. The summed E-state index contributed by atoms with van der Waals surface area (Å²) in [4.78, 5) is 16.1. The zero-order valence-corrected chi connectivity index (χ0v) is 23.9. The van der Waals surface area contributed by atoms with E-state index in [0.29, 0.717) is 19.0 Å². The Bertz CT molecular complexity index is 1670. The average molecular weight is 546 g/mol. The summed E-state index contributed by atoms with van der Waals surface area (Å²) in [7, 11) is 1.65. The second-order valence-electron chi connectivity index (χ2n) is 10.8. The van der Waals surface area contributed by atoms with Gasteiger partial charge in [-0.3, -0.25) is 0 Å². The van der Waals surface area contributed by atoms with E-state index in [1.807, 2.05) is 65.0 Å². The molecular weight excluding hydrogens is 510 g/mol. The van der Waals surface area contributed by atoms with Crippen LogP contribution in [0, 0.1) is 6.92 Å². The number of rotatable bonds is 6. The highest BCUT2D eigenvalue weighted by molar-refractivity contribution is 5.76. The number of hydrogen-bond acceptors (Lipinski definition) is 3. The van der Waals surface area contributed by atoms with Gasteiger partial charge in [0.1, 0.15) is 11.6 Å². The standard InChI is InChI=1S/C34H35N5O2/c1-23(2)26-15-17-27(18-16-26)32-31-14-9-19-37(31)33-30(24(3)36-39(33)28-11-6-5-7-12-28)22-38(32)34(40)35-21-25-10-8-13-29(20-25)41-4/h5-20,23,32H,21-22H2,1-4H3,(H,35,40). The lowest BCUT2D eigenvalue weighted by atomic mass is 9.97. The molecule has 7 nitrogen and oxygen atoms in total. The van der Waals surface area contributed by atoms with Gasteiger partial charge < -0.3 is 19.5 Å². The largest absolute Gasteiger partial charge is 0.497 e. The summed E-state index contributed by atoms with van der Waals surface area (Å²) in [6.07, 6.45) is 2.07. The second-order valence-corrected chi connectivity index (χ2v) is 10.8. The topological polar surface area (TPSA) is 64.3 Å². The first-order valence-electron chi connectivity index (χ1n) is 14.0. The number of nitrogens with one attached hydrogen (secondary N) is 1. The van der Waals surface area contributed by atoms with Gasteiger partial charge in [-0.1, -0.05) is 68.4 Å². The third-order valence-corrected chi connectivity index (χ3v) is 7.84. The highest BCUT2D eigenvalue weighted by Crippen LogP contribution is 2.38. The van der Waals surface area contributed by atoms with Crippen LogP contribution in [0.25, 0.3) is 11.5 Å². The number of nitrogens with zero attached hydrogens (tertiary/aromatic N) is 4. The maximum atomic E-state index is 14.1. The summed E-state index contributed by atoms with van der Waals surface area (Å²) in [5, 5.41) is 8.13. The molecule has 208 valence electrons. The summed E-state index contributed by atoms with van der Waals surface area (Å²) in [6.45, 7) is 7.21. The van der Waals surface area contributed by atoms with E-state index in [0.717, 1.165) is 45.3 Å². The number of carbonyl (C=O) groups excluding carboxylic acids is 1. The van der Waals surface area contributed by atoms with Crippen molar-refractivity contribution in [2.75, 3.05) is 7.11 Å². The van der Waals surface area contributed by atoms with Crippen LogP contribution in [0.2, 0.25) is 0 Å². The van der Waals surface area contributed by atoms with Gasteiger partial charge >= 0.3 is 6.03 Å². The smallest absolute Gasteiger partial charge is 0.318 e. The summed E-state index contributed by atoms with van der Waals surface area (Å²) in [5.74, 6) is 2.15. The van der Waals surface area contributed by atoms with Gasteiger partial charge in [-0.25, -0.2) is 9.48 Å². The van der Waals surface area contributed by atoms with Crippen LogP contribution >= 0.6 is 0 Å². The molecule has 2 aromatic heterocycles. The Morgan fingerprint density at radius 1 is 1.00 bits per heavy atom. The normalized spacial score (nSPS) is 14.4. The molecular formula is C34H35N5O2. The van der Waals surface area contributed by atoms with Crippen molar-refractivity contribution in [2.24, 2.45) is 0 Å². The number of amides is 2. The Kier molecular flexibility index (Phi) is 7.10. The SMILES string of the molecule is COc1cccc(CNC(=O)N2Cc3c(C)nn(-c4ccccc4)c3-n3cccc3C2c2ccc(C(C)C)cc2)c1. The van der Waals surface area contributed by atoms with E-state index in [1.165, 1.54) is 5.56 Å². The van der Waals surface area contributed by atoms with Gasteiger partial charge in [-0.05, 0) is 65.9 Å². The minimum absolute atomic E-state index is 0.141. The van der Waals surface area contributed by atoms with Gasteiger partial charge in [0.15, 0.2) is 0 Å². The Hall–Kier alpha value is -4.78. The number of aromatic nitrogens is 3. The Balaban J connectivity index is 1.45. The van der Waals surface area contributed by atoms with Crippen molar-refractivity contribution in [1.29, 1.82) is 0 Å². The first-order valence-corrected chi connectivity index (χ1v) is 14.0. The molecule has 0 bridgehead atoms. The molecule has 1 unspecified atom stereocenters. The van der Waals surface area contributed by atoms with Gasteiger partial charge in [0, 0.05) is 18.3 Å². The molecule has 7 heteroatoms. The van der Waals surface area contributed by atoms with Gasteiger partial charge in [-0.15, -0.1) is 0 Å². The van der Waals surface area contributed by atoms with E-state index < -0.39 is 0 Å². The minimum Gasteiger partial charge on any atom is -0.497 e. The number of methoxy groups -OCH3 is 1. The van der Waals surface area contributed by atoms with E-state index in [-0.39, 0.29) is 12.1 Å². The maximum Gasteiger partial charge on any atom is 0.318 e. The quantitative estimate of drug-likeness (QED) is 0.252. The fourth-order valence-corrected chi connectivity index (χ4v) is 5.62. The Morgan fingerprint density at radius 3 is 2.51 bits per heavy atom. The van der Waals surface area contributed by atoms with Crippen LogP contribution in [0.4, 0.5) is 4.79 Å². The number of para-hydroxylation sites is 1. The third kappa shape index (κ3) is 4.99. The molecule has 0 spiro atoms.